The van der Waals surface area contributed by atoms with Crippen LogP contribution in [0.2, 0.25) is 0 Å². The average Bonchev–Trinajstić information content (AvgIpc) is 3.07. The molecule has 0 aromatic heterocycles. The number of hydrogen-bond acceptors (Lipinski definition) is 0. The van der Waals surface area contributed by atoms with Crippen molar-refractivity contribution in [2.24, 2.45) is 0 Å². The predicted octanol–water partition coefficient (Wildman–Crippen LogP) is 12.1. The molecule has 0 bridgehead atoms. The predicted molar refractivity (Wildman–Crippen MR) is 188 cm³/mol. The first-order valence-electron chi connectivity index (χ1n) is 15.2. The zero-order valence-electron chi connectivity index (χ0n) is 24.6. The van der Waals surface area contributed by atoms with Crippen LogP contribution in [0.15, 0.2) is 146 Å². The maximum Gasteiger partial charge on any atom is -0.000728 e. The van der Waals surface area contributed by atoms with Crippen molar-refractivity contribution in [3.05, 3.63) is 168 Å². The van der Waals surface area contributed by atoms with E-state index in [0.29, 0.717) is 0 Å². The molecule has 206 valence electrons. The van der Waals surface area contributed by atoms with Crippen molar-refractivity contribution in [3.8, 4) is 22.3 Å². The fourth-order valence-electron chi connectivity index (χ4n) is 6.54. The van der Waals surface area contributed by atoms with Crippen molar-refractivity contribution < 1.29 is 0 Å². The van der Waals surface area contributed by atoms with Crippen LogP contribution in [0.25, 0.3) is 66.7 Å². The normalized spacial score (nSPS) is 11.6. The van der Waals surface area contributed by atoms with Crippen LogP contribution in [0.1, 0.15) is 35.6 Å². The fourth-order valence-corrected chi connectivity index (χ4v) is 6.54. The van der Waals surface area contributed by atoms with E-state index in [-0.39, 0.29) is 0 Å². The van der Waals surface area contributed by atoms with Gasteiger partial charge in [-0.1, -0.05) is 153 Å². The average molecular weight is 551 g/mol. The Hall–Kier alpha value is -5.20. The van der Waals surface area contributed by atoms with Crippen molar-refractivity contribution in [2.75, 3.05) is 0 Å². The zero-order valence-corrected chi connectivity index (χ0v) is 24.6. The summed E-state index contributed by atoms with van der Waals surface area (Å²) in [6, 6.07) is 49.0. The number of rotatable bonds is 7. The van der Waals surface area contributed by atoms with Gasteiger partial charge in [0.1, 0.15) is 0 Å². The zero-order chi connectivity index (χ0) is 29.2. The molecule has 0 spiro atoms. The molecule has 0 amide bonds. The van der Waals surface area contributed by atoms with E-state index in [1.165, 1.54) is 71.3 Å². The number of allylic oxidation sites excluding steroid dienone is 1. The van der Waals surface area contributed by atoms with Crippen LogP contribution in [0.5, 0.6) is 0 Å². The Labute approximate surface area is 254 Å². The van der Waals surface area contributed by atoms with E-state index in [0.717, 1.165) is 18.4 Å². The highest BCUT2D eigenvalue weighted by molar-refractivity contribution is 6.15. The summed E-state index contributed by atoms with van der Waals surface area (Å²) in [6.45, 7) is 6.25. The molecular formula is C43H34. The SMILES string of the molecule is C=Cc1cc(-c2cccc(-c3c4ccccc4c(Cc4cccc5ccccc45)c4ccccc34)c2)ccc1/C=C\CC. The van der Waals surface area contributed by atoms with Gasteiger partial charge in [-0.15, -0.1) is 0 Å². The van der Waals surface area contributed by atoms with Crippen molar-refractivity contribution in [1.29, 1.82) is 0 Å². The minimum atomic E-state index is 0.881. The molecule has 7 rings (SSSR count). The summed E-state index contributed by atoms with van der Waals surface area (Å²) in [7, 11) is 0. The van der Waals surface area contributed by atoms with Gasteiger partial charge in [-0.3, -0.25) is 0 Å². The van der Waals surface area contributed by atoms with E-state index in [1.54, 1.807) is 0 Å². The lowest BCUT2D eigenvalue weighted by Crippen LogP contribution is -1.96. The third-order valence-electron chi connectivity index (χ3n) is 8.61. The standard InChI is InChI=1S/C43H34/c1-3-5-14-31-25-26-34(27-30(31)4-2)33-17-13-19-36(28-33)43-40-23-10-8-21-38(40)42(39-22-9-11-24-41(39)43)29-35-18-12-16-32-15-6-7-20-37(32)35/h4-28H,2-3,29H2,1H3/b14-5-. The Morgan fingerprint density at radius 2 is 1.14 bits per heavy atom. The molecule has 7 aromatic carbocycles. The molecule has 0 aliphatic rings. The molecule has 43 heavy (non-hydrogen) atoms. The Balaban J connectivity index is 1.41. The van der Waals surface area contributed by atoms with Gasteiger partial charge < -0.3 is 0 Å². The van der Waals surface area contributed by atoms with Crippen LogP contribution >= 0.6 is 0 Å². The molecule has 0 unspecified atom stereocenters. The maximum absolute atomic E-state index is 4.09. The highest BCUT2D eigenvalue weighted by Gasteiger charge is 2.17. The second-order valence-electron chi connectivity index (χ2n) is 11.2. The Bertz CT molecular complexity index is 2100. The highest BCUT2D eigenvalue weighted by Crippen LogP contribution is 2.41. The van der Waals surface area contributed by atoms with Crippen LogP contribution in [0.3, 0.4) is 0 Å². The molecule has 0 fully saturated rings. The summed E-state index contributed by atoms with van der Waals surface area (Å²) in [5, 5.41) is 7.83. The number of fused-ring (bicyclic) bond motifs is 3. The van der Waals surface area contributed by atoms with E-state index >= 15 is 0 Å². The van der Waals surface area contributed by atoms with Gasteiger partial charge in [0, 0.05) is 0 Å². The van der Waals surface area contributed by atoms with Crippen molar-refractivity contribution in [1.82, 2.24) is 0 Å². The molecule has 0 N–H and O–H groups in total. The summed E-state index contributed by atoms with van der Waals surface area (Å²) >= 11 is 0. The molecular weight excluding hydrogens is 516 g/mol. The summed E-state index contributed by atoms with van der Waals surface area (Å²) < 4.78 is 0. The quantitative estimate of drug-likeness (QED) is 0.173. The fraction of sp³-hybridized carbons (Fsp3) is 0.0698. The summed E-state index contributed by atoms with van der Waals surface area (Å²) in [4.78, 5) is 0. The first kappa shape index (κ1) is 26.7. The molecule has 7 aromatic rings. The Kier molecular flexibility index (Phi) is 7.19. The van der Waals surface area contributed by atoms with E-state index in [9.17, 15) is 0 Å². The van der Waals surface area contributed by atoms with Gasteiger partial charge in [0.25, 0.3) is 0 Å². The molecule has 0 heteroatoms. The van der Waals surface area contributed by atoms with Crippen LogP contribution in [-0.4, -0.2) is 0 Å². The summed E-state index contributed by atoms with van der Waals surface area (Å²) in [5.74, 6) is 0. The van der Waals surface area contributed by atoms with E-state index in [1.807, 2.05) is 6.08 Å². The van der Waals surface area contributed by atoms with Crippen molar-refractivity contribution in [3.63, 3.8) is 0 Å². The van der Waals surface area contributed by atoms with Gasteiger partial charge in [0.2, 0.25) is 0 Å². The molecule has 0 aliphatic carbocycles. The highest BCUT2D eigenvalue weighted by atomic mass is 14.2. The van der Waals surface area contributed by atoms with Crippen molar-refractivity contribution >= 4 is 44.5 Å². The lowest BCUT2D eigenvalue weighted by atomic mass is 9.85. The smallest absolute Gasteiger partial charge is 0.000728 e. The summed E-state index contributed by atoms with van der Waals surface area (Å²) in [5.41, 5.74) is 10.0. The van der Waals surface area contributed by atoms with Crippen LogP contribution in [0, 0.1) is 0 Å². The van der Waals surface area contributed by atoms with Crippen LogP contribution in [0.4, 0.5) is 0 Å². The monoisotopic (exact) mass is 550 g/mol. The van der Waals surface area contributed by atoms with E-state index < -0.39 is 0 Å². The van der Waals surface area contributed by atoms with E-state index in [2.05, 4.69) is 159 Å². The topological polar surface area (TPSA) is 0 Å². The molecule has 0 radical (unpaired) electrons. The third kappa shape index (κ3) is 4.96. The van der Waals surface area contributed by atoms with Crippen molar-refractivity contribution in [2.45, 2.75) is 19.8 Å². The first-order chi connectivity index (χ1) is 21.2. The molecule has 0 atom stereocenters. The summed E-state index contributed by atoms with van der Waals surface area (Å²) in [6.07, 6.45) is 8.24. The molecule has 0 saturated carbocycles. The van der Waals surface area contributed by atoms with Gasteiger partial charge in [-0.05, 0) is 102 Å². The largest absolute Gasteiger partial charge is 0.0984 e. The first-order valence-corrected chi connectivity index (χ1v) is 15.2. The van der Waals surface area contributed by atoms with Gasteiger partial charge in [0.05, 0.1) is 0 Å². The van der Waals surface area contributed by atoms with Gasteiger partial charge in [0.15, 0.2) is 0 Å². The minimum absolute atomic E-state index is 0.881. The van der Waals surface area contributed by atoms with Crippen LogP contribution in [-0.2, 0) is 6.42 Å². The molecule has 0 saturated heterocycles. The molecule has 0 aliphatic heterocycles. The maximum atomic E-state index is 4.09. The van der Waals surface area contributed by atoms with Gasteiger partial charge in [-0.2, -0.15) is 0 Å². The third-order valence-corrected chi connectivity index (χ3v) is 8.61. The molecule has 0 nitrogen and oxygen atoms in total. The second-order valence-corrected chi connectivity index (χ2v) is 11.2. The number of hydrogen-bond donors (Lipinski definition) is 0. The molecule has 0 heterocycles. The minimum Gasteiger partial charge on any atom is -0.0984 e. The second kappa shape index (κ2) is 11.6. The van der Waals surface area contributed by atoms with E-state index in [4.69, 9.17) is 0 Å². The lowest BCUT2D eigenvalue weighted by Gasteiger charge is -2.18. The van der Waals surface area contributed by atoms with Gasteiger partial charge >= 0.3 is 0 Å². The lowest BCUT2D eigenvalue weighted by molar-refractivity contribution is 1.23. The Morgan fingerprint density at radius 3 is 1.86 bits per heavy atom. The Morgan fingerprint density at radius 1 is 0.535 bits per heavy atom. The van der Waals surface area contributed by atoms with Crippen LogP contribution < -0.4 is 0 Å². The van der Waals surface area contributed by atoms with Gasteiger partial charge in [-0.25, -0.2) is 0 Å². The number of benzene rings is 7.